The van der Waals surface area contributed by atoms with Gasteiger partial charge in [-0.15, -0.1) is 0 Å². The van der Waals surface area contributed by atoms with E-state index in [2.05, 4.69) is 24.3 Å². The van der Waals surface area contributed by atoms with E-state index in [1.54, 1.807) is 0 Å². The predicted molar refractivity (Wildman–Crippen MR) is 93.9 cm³/mol. The molecule has 4 rings (SSSR count). The van der Waals surface area contributed by atoms with Gasteiger partial charge in [-0.05, 0) is 11.1 Å². The van der Waals surface area contributed by atoms with Gasteiger partial charge < -0.3 is 19.3 Å². The van der Waals surface area contributed by atoms with Crippen LogP contribution in [0.3, 0.4) is 0 Å². The van der Waals surface area contributed by atoms with Crippen molar-refractivity contribution in [3.05, 3.63) is 71.8 Å². The van der Waals surface area contributed by atoms with Crippen LogP contribution in [-0.2, 0) is 27.4 Å². The molecule has 1 saturated heterocycles. The van der Waals surface area contributed by atoms with Crippen molar-refractivity contribution in [2.24, 2.45) is 5.92 Å². The Morgan fingerprint density at radius 2 is 1.60 bits per heavy atom. The average molecular weight is 340 g/mol. The maximum absolute atomic E-state index is 9.82. The van der Waals surface area contributed by atoms with Gasteiger partial charge in [0.25, 0.3) is 0 Å². The molecule has 2 aromatic carbocycles. The number of epoxide rings is 1. The molecule has 4 atom stereocenters. The largest absolute Gasteiger partial charge is 0.393 e. The van der Waals surface area contributed by atoms with Crippen LogP contribution >= 0.6 is 0 Å². The van der Waals surface area contributed by atoms with Gasteiger partial charge in [0.05, 0.1) is 38.6 Å². The van der Waals surface area contributed by atoms with Crippen LogP contribution < -0.4 is 0 Å². The Kier molecular flexibility index (Phi) is 4.86. The molecule has 0 radical (unpaired) electrons. The van der Waals surface area contributed by atoms with Crippen LogP contribution in [0.5, 0.6) is 0 Å². The van der Waals surface area contributed by atoms with Gasteiger partial charge in [-0.1, -0.05) is 60.7 Å². The molecular formula is C21H24O4. The highest BCUT2D eigenvalue weighted by Gasteiger charge is 2.69. The van der Waals surface area contributed by atoms with Gasteiger partial charge in [-0.2, -0.15) is 0 Å². The van der Waals surface area contributed by atoms with Crippen molar-refractivity contribution in [3.8, 4) is 0 Å². The molecule has 1 heterocycles. The first kappa shape index (κ1) is 16.7. The maximum atomic E-state index is 9.82. The van der Waals surface area contributed by atoms with Crippen molar-refractivity contribution in [1.29, 1.82) is 0 Å². The molecule has 0 aromatic heterocycles. The lowest BCUT2D eigenvalue weighted by Gasteiger charge is -2.26. The Hall–Kier alpha value is -1.72. The molecule has 0 bridgehead atoms. The summed E-state index contributed by atoms with van der Waals surface area (Å²) in [6.07, 6.45) is 0.984. The van der Waals surface area contributed by atoms with Gasteiger partial charge in [-0.25, -0.2) is 0 Å². The number of ether oxygens (including phenoxy) is 3. The molecule has 2 fully saturated rings. The van der Waals surface area contributed by atoms with E-state index in [0.717, 1.165) is 17.5 Å². The smallest absolute Gasteiger partial charge is 0.125 e. The van der Waals surface area contributed by atoms with E-state index in [0.29, 0.717) is 19.8 Å². The number of benzene rings is 2. The Labute approximate surface area is 148 Å². The summed E-state index contributed by atoms with van der Waals surface area (Å²) in [6.45, 7) is 1.71. The molecule has 1 unspecified atom stereocenters. The third-order valence-corrected chi connectivity index (χ3v) is 5.34. The van der Waals surface area contributed by atoms with Crippen molar-refractivity contribution in [2.45, 2.75) is 37.4 Å². The molecule has 4 heteroatoms. The van der Waals surface area contributed by atoms with Crippen molar-refractivity contribution < 1.29 is 19.3 Å². The van der Waals surface area contributed by atoms with Gasteiger partial charge in [-0.3, -0.25) is 0 Å². The van der Waals surface area contributed by atoms with E-state index in [4.69, 9.17) is 14.2 Å². The summed E-state index contributed by atoms with van der Waals surface area (Å²) in [5.41, 5.74) is 1.84. The summed E-state index contributed by atoms with van der Waals surface area (Å²) in [6, 6.07) is 20.3. The first-order valence-electron chi connectivity index (χ1n) is 8.88. The number of hydrogen-bond acceptors (Lipinski definition) is 4. The van der Waals surface area contributed by atoms with Crippen molar-refractivity contribution in [2.75, 3.05) is 13.2 Å². The fraction of sp³-hybridized carbons (Fsp3) is 0.429. The molecule has 0 spiro atoms. The molecule has 1 aliphatic heterocycles. The Morgan fingerprint density at radius 3 is 2.24 bits per heavy atom. The molecule has 1 N–H and O–H groups in total. The first-order chi connectivity index (χ1) is 12.3. The molecule has 0 amide bonds. The van der Waals surface area contributed by atoms with Crippen LogP contribution in [0, 0.1) is 5.92 Å². The van der Waals surface area contributed by atoms with Crippen molar-refractivity contribution >= 4 is 0 Å². The monoisotopic (exact) mass is 340 g/mol. The minimum atomic E-state index is -0.460. The number of aliphatic hydroxyl groups is 1. The zero-order valence-corrected chi connectivity index (χ0v) is 14.2. The number of aliphatic hydroxyl groups excluding tert-OH is 1. The van der Waals surface area contributed by atoms with Gasteiger partial charge in [0, 0.05) is 12.3 Å². The highest BCUT2D eigenvalue weighted by Crippen LogP contribution is 2.54. The van der Waals surface area contributed by atoms with E-state index in [1.807, 2.05) is 36.4 Å². The Bertz CT molecular complexity index is 671. The lowest BCUT2D eigenvalue weighted by atomic mass is 9.94. The molecule has 4 nitrogen and oxygen atoms in total. The van der Waals surface area contributed by atoms with Crippen LogP contribution in [0.2, 0.25) is 0 Å². The summed E-state index contributed by atoms with van der Waals surface area (Å²) < 4.78 is 17.9. The first-order valence-corrected chi connectivity index (χ1v) is 8.88. The predicted octanol–water partition coefficient (Wildman–Crippen LogP) is 2.94. The highest BCUT2D eigenvalue weighted by molar-refractivity contribution is 5.18. The van der Waals surface area contributed by atoms with E-state index >= 15 is 0 Å². The van der Waals surface area contributed by atoms with Gasteiger partial charge in [0.2, 0.25) is 0 Å². The van der Waals surface area contributed by atoms with Gasteiger partial charge in [0.15, 0.2) is 0 Å². The zero-order chi connectivity index (χ0) is 17.1. The lowest BCUT2D eigenvalue weighted by molar-refractivity contribution is -0.0695. The number of fused-ring (bicyclic) bond motifs is 1. The molecular weight excluding hydrogens is 316 g/mol. The summed E-state index contributed by atoms with van der Waals surface area (Å²) in [5.74, 6) is 0.0647. The third-order valence-electron chi connectivity index (χ3n) is 5.34. The van der Waals surface area contributed by atoms with Gasteiger partial charge >= 0.3 is 0 Å². The lowest BCUT2D eigenvalue weighted by Crippen LogP contribution is -2.37. The zero-order valence-electron chi connectivity index (χ0n) is 14.2. The number of hydrogen-bond donors (Lipinski definition) is 1. The third kappa shape index (κ3) is 3.48. The van der Waals surface area contributed by atoms with E-state index in [1.165, 1.54) is 0 Å². The second-order valence-electron chi connectivity index (χ2n) is 6.90. The van der Waals surface area contributed by atoms with E-state index < -0.39 is 5.60 Å². The second kappa shape index (κ2) is 7.26. The van der Waals surface area contributed by atoms with E-state index in [-0.39, 0.29) is 24.7 Å². The van der Waals surface area contributed by atoms with Crippen LogP contribution in [0.25, 0.3) is 0 Å². The van der Waals surface area contributed by atoms with Gasteiger partial charge in [0.1, 0.15) is 5.60 Å². The quantitative estimate of drug-likeness (QED) is 0.751. The number of rotatable bonds is 8. The molecule has 25 heavy (non-hydrogen) atoms. The molecule has 2 aliphatic rings. The minimum Gasteiger partial charge on any atom is -0.393 e. The van der Waals surface area contributed by atoms with Crippen molar-refractivity contribution in [1.82, 2.24) is 0 Å². The van der Waals surface area contributed by atoms with Crippen LogP contribution in [0.15, 0.2) is 60.7 Å². The summed E-state index contributed by atoms with van der Waals surface area (Å²) in [7, 11) is 0. The van der Waals surface area contributed by atoms with Crippen molar-refractivity contribution in [3.63, 3.8) is 0 Å². The topological polar surface area (TPSA) is 51.2 Å². The molecule has 2 aromatic rings. The van der Waals surface area contributed by atoms with E-state index in [9.17, 15) is 5.11 Å². The SMILES string of the molecule is OC[C@@]12O[C@@H]1CC(OCc1ccccc1)[C@H]2COCc1ccccc1. The Balaban J connectivity index is 1.35. The molecule has 1 saturated carbocycles. The summed E-state index contributed by atoms with van der Waals surface area (Å²) in [5, 5.41) is 9.82. The van der Waals surface area contributed by atoms with Crippen LogP contribution in [0.4, 0.5) is 0 Å². The van der Waals surface area contributed by atoms with Crippen LogP contribution in [-0.4, -0.2) is 36.1 Å². The normalized spacial score (nSPS) is 30.2. The average Bonchev–Trinajstić information content (AvgIpc) is 3.30. The second-order valence-corrected chi connectivity index (χ2v) is 6.90. The Morgan fingerprint density at radius 1 is 0.960 bits per heavy atom. The summed E-state index contributed by atoms with van der Waals surface area (Å²) >= 11 is 0. The summed E-state index contributed by atoms with van der Waals surface area (Å²) in [4.78, 5) is 0. The minimum absolute atomic E-state index is 0.0300. The molecule has 132 valence electrons. The fourth-order valence-corrected chi connectivity index (χ4v) is 3.84. The maximum Gasteiger partial charge on any atom is 0.125 e. The standard InChI is InChI=1S/C21H24O4/c22-15-21-18(14-23-12-16-7-3-1-4-8-16)19(11-20(21)25-21)24-13-17-9-5-2-6-10-17/h1-10,18-20,22H,11-15H2/t18-,19?,20-,21+/m1/s1. The highest BCUT2D eigenvalue weighted by atomic mass is 16.6. The fourth-order valence-electron chi connectivity index (χ4n) is 3.84. The molecule has 1 aliphatic carbocycles. The van der Waals surface area contributed by atoms with Crippen LogP contribution in [0.1, 0.15) is 17.5 Å².